The summed E-state index contributed by atoms with van der Waals surface area (Å²) in [6.45, 7) is 6.58. The molecule has 0 radical (unpaired) electrons. The van der Waals surface area contributed by atoms with Gasteiger partial charge in [-0.1, -0.05) is 43.7 Å². The van der Waals surface area contributed by atoms with Crippen molar-refractivity contribution in [3.63, 3.8) is 0 Å². The van der Waals surface area contributed by atoms with Crippen molar-refractivity contribution in [1.82, 2.24) is 0 Å². The molecule has 0 unspecified atom stereocenters. The number of carbonyl (C=O) groups is 1. The standard InChI is InChI=1S/C17H20O2/c1-3-19-16(18)17-11-7-6-9-14(17)12(2)13-8-4-5-10-15(13)17/h4-5,8,10,14H,2-3,6-7,9,11H2,1H3/t14-,17+/m0/s1. The average Bonchev–Trinajstić information content (AvgIpc) is 2.71. The van der Waals surface area contributed by atoms with Crippen molar-refractivity contribution in [3.05, 3.63) is 42.0 Å². The molecule has 1 aromatic rings. The number of carbonyl (C=O) groups excluding carboxylic acids is 1. The maximum atomic E-state index is 12.6. The lowest BCUT2D eigenvalue weighted by molar-refractivity contribution is -0.152. The lowest BCUT2D eigenvalue weighted by atomic mass is 9.65. The summed E-state index contributed by atoms with van der Waals surface area (Å²) in [6.07, 6.45) is 4.22. The molecule has 1 fully saturated rings. The first-order chi connectivity index (χ1) is 9.21. The molecule has 0 heterocycles. The molecule has 2 heteroatoms. The molecule has 0 saturated heterocycles. The Labute approximate surface area is 114 Å². The summed E-state index contributed by atoms with van der Waals surface area (Å²) in [6, 6.07) is 8.23. The normalized spacial score (nSPS) is 28.7. The fourth-order valence-corrected chi connectivity index (χ4v) is 3.92. The van der Waals surface area contributed by atoms with Gasteiger partial charge < -0.3 is 4.74 Å². The molecule has 1 saturated carbocycles. The second-order valence-corrected chi connectivity index (χ2v) is 5.56. The highest BCUT2D eigenvalue weighted by Gasteiger charge is 2.55. The Bertz CT molecular complexity index is 532. The number of hydrogen-bond donors (Lipinski definition) is 0. The maximum Gasteiger partial charge on any atom is 0.317 e. The Morgan fingerprint density at radius 3 is 3.00 bits per heavy atom. The van der Waals surface area contributed by atoms with E-state index < -0.39 is 5.41 Å². The van der Waals surface area contributed by atoms with Crippen molar-refractivity contribution in [1.29, 1.82) is 0 Å². The van der Waals surface area contributed by atoms with Gasteiger partial charge >= 0.3 is 5.97 Å². The fraction of sp³-hybridized carbons (Fsp3) is 0.471. The lowest BCUT2D eigenvalue weighted by Gasteiger charge is -2.38. The van der Waals surface area contributed by atoms with Crippen molar-refractivity contribution in [2.45, 2.75) is 38.0 Å². The zero-order chi connectivity index (χ0) is 13.5. The number of benzene rings is 1. The van der Waals surface area contributed by atoms with Gasteiger partial charge in [-0.2, -0.15) is 0 Å². The van der Waals surface area contributed by atoms with Gasteiger partial charge in [0.1, 0.15) is 5.41 Å². The zero-order valence-electron chi connectivity index (χ0n) is 11.4. The van der Waals surface area contributed by atoms with Crippen LogP contribution < -0.4 is 0 Å². The average molecular weight is 256 g/mol. The number of allylic oxidation sites excluding steroid dienone is 1. The minimum absolute atomic E-state index is 0.0502. The maximum absolute atomic E-state index is 12.6. The Morgan fingerprint density at radius 1 is 1.42 bits per heavy atom. The zero-order valence-corrected chi connectivity index (χ0v) is 11.4. The number of hydrogen-bond acceptors (Lipinski definition) is 2. The van der Waals surface area contributed by atoms with Crippen molar-refractivity contribution in [2.24, 2.45) is 5.92 Å². The summed E-state index contributed by atoms with van der Waals surface area (Å²) in [5.41, 5.74) is 2.98. The Kier molecular flexibility index (Phi) is 2.96. The molecule has 2 aliphatic carbocycles. The van der Waals surface area contributed by atoms with Crippen molar-refractivity contribution >= 4 is 11.5 Å². The van der Waals surface area contributed by atoms with Gasteiger partial charge in [-0.05, 0) is 36.5 Å². The van der Waals surface area contributed by atoms with Crippen LogP contribution in [0, 0.1) is 5.92 Å². The summed E-state index contributed by atoms with van der Waals surface area (Å²) in [5, 5.41) is 0. The third-order valence-electron chi connectivity index (χ3n) is 4.72. The van der Waals surface area contributed by atoms with Gasteiger partial charge in [-0.25, -0.2) is 0 Å². The smallest absolute Gasteiger partial charge is 0.317 e. The van der Waals surface area contributed by atoms with E-state index in [9.17, 15) is 4.79 Å². The second kappa shape index (κ2) is 4.52. The number of fused-ring (bicyclic) bond motifs is 3. The van der Waals surface area contributed by atoms with Gasteiger partial charge in [-0.15, -0.1) is 0 Å². The molecule has 100 valence electrons. The van der Waals surface area contributed by atoms with Gasteiger partial charge in [-0.3, -0.25) is 4.79 Å². The summed E-state index contributed by atoms with van der Waals surface area (Å²) >= 11 is 0. The topological polar surface area (TPSA) is 26.3 Å². The minimum Gasteiger partial charge on any atom is -0.465 e. The van der Waals surface area contributed by atoms with E-state index in [0.29, 0.717) is 6.61 Å². The van der Waals surface area contributed by atoms with Crippen molar-refractivity contribution in [3.8, 4) is 0 Å². The Morgan fingerprint density at radius 2 is 2.21 bits per heavy atom. The van der Waals surface area contributed by atoms with E-state index in [1.807, 2.05) is 19.1 Å². The molecule has 19 heavy (non-hydrogen) atoms. The molecule has 2 atom stereocenters. The van der Waals surface area contributed by atoms with Gasteiger partial charge in [0.25, 0.3) is 0 Å². The van der Waals surface area contributed by atoms with E-state index in [0.717, 1.165) is 30.4 Å². The molecule has 0 amide bonds. The second-order valence-electron chi connectivity index (χ2n) is 5.56. The Hall–Kier alpha value is -1.57. The van der Waals surface area contributed by atoms with Crippen LogP contribution in [0.3, 0.4) is 0 Å². The van der Waals surface area contributed by atoms with E-state index in [4.69, 9.17) is 4.74 Å². The number of esters is 1. The molecule has 0 aromatic heterocycles. The van der Waals surface area contributed by atoms with E-state index in [1.165, 1.54) is 12.0 Å². The number of ether oxygens (including phenoxy) is 1. The molecule has 0 N–H and O–H groups in total. The van der Waals surface area contributed by atoms with Crippen LogP contribution in [0.15, 0.2) is 30.8 Å². The summed E-state index contributed by atoms with van der Waals surface area (Å²) in [7, 11) is 0. The van der Waals surface area contributed by atoms with Crippen LogP contribution in [0.25, 0.3) is 5.57 Å². The van der Waals surface area contributed by atoms with Crippen LogP contribution >= 0.6 is 0 Å². The molecule has 0 aliphatic heterocycles. The summed E-state index contributed by atoms with van der Waals surface area (Å²) in [4.78, 5) is 12.6. The third kappa shape index (κ3) is 1.59. The lowest BCUT2D eigenvalue weighted by Crippen LogP contribution is -2.43. The quantitative estimate of drug-likeness (QED) is 0.754. The predicted molar refractivity (Wildman–Crippen MR) is 75.7 cm³/mol. The van der Waals surface area contributed by atoms with Crippen molar-refractivity contribution < 1.29 is 9.53 Å². The summed E-state index contributed by atoms with van der Waals surface area (Å²) < 4.78 is 5.41. The highest BCUT2D eigenvalue weighted by molar-refractivity contribution is 5.93. The fourth-order valence-electron chi connectivity index (χ4n) is 3.92. The SMILES string of the molecule is C=C1c2ccccc2[C@@]2(C(=O)OCC)CCCC[C@@H]12. The van der Waals surface area contributed by atoms with E-state index in [-0.39, 0.29) is 11.9 Å². The highest BCUT2D eigenvalue weighted by Crippen LogP contribution is 2.56. The molecule has 2 aliphatic rings. The Balaban J connectivity index is 2.16. The van der Waals surface area contributed by atoms with E-state index in [1.54, 1.807) is 0 Å². The van der Waals surface area contributed by atoms with Crippen LogP contribution in [-0.4, -0.2) is 12.6 Å². The minimum atomic E-state index is -0.456. The van der Waals surface area contributed by atoms with Gasteiger partial charge in [0.05, 0.1) is 6.61 Å². The van der Waals surface area contributed by atoms with Gasteiger partial charge in [0.15, 0.2) is 0 Å². The monoisotopic (exact) mass is 256 g/mol. The molecule has 3 rings (SSSR count). The van der Waals surface area contributed by atoms with Crippen LogP contribution in [0.5, 0.6) is 0 Å². The van der Waals surface area contributed by atoms with Crippen LogP contribution in [0.1, 0.15) is 43.7 Å². The molecular weight excluding hydrogens is 236 g/mol. The molecule has 0 bridgehead atoms. The van der Waals surface area contributed by atoms with E-state index in [2.05, 4.69) is 18.7 Å². The van der Waals surface area contributed by atoms with Crippen LogP contribution in [-0.2, 0) is 14.9 Å². The van der Waals surface area contributed by atoms with Crippen LogP contribution in [0.2, 0.25) is 0 Å². The van der Waals surface area contributed by atoms with E-state index >= 15 is 0 Å². The highest BCUT2D eigenvalue weighted by atomic mass is 16.5. The first-order valence-corrected chi connectivity index (χ1v) is 7.17. The largest absolute Gasteiger partial charge is 0.465 e. The van der Waals surface area contributed by atoms with Crippen LogP contribution in [0.4, 0.5) is 0 Å². The van der Waals surface area contributed by atoms with Gasteiger partial charge in [0.2, 0.25) is 0 Å². The molecule has 2 nitrogen and oxygen atoms in total. The number of rotatable bonds is 2. The predicted octanol–water partition coefficient (Wildman–Crippen LogP) is 3.70. The molecular formula is C17H20O2. The molecule has 0 spiro atoms. The third-order valence-corrected chi connectivity index (χ3v) is 4.72. The van der Waals surface area contributed by atoms with Gasteiger partial charge in [0, 0.05) is 5.92 Å². The summed E-state index contributed by atoms with van der Waals surface area (Å²) in [5.74, 6) is 0.184. The first-order valence-electron chi connectivity index (χ1n) is 7.17. The first kappa shape index (κ1) is 12.5. The molecule has 1 aromatic carbocycles. The van der Waals surface area contributed by atoms with Crippen molar-refractivity contribution in [2.75, 3.05) is 6.61 Å².